The SMILES string of the molecule is CC(C)C1C(=O)NCC(=O)N1C(C)c1ccccn1. The highest BCUT2D eigenvalue weighted by molar-refractivity contribution is 5.95. The van der Waals surface area contributed by atoms with Crippen molar-refractivity contribution < 1.29 is 9.59 Å². The highest BCUT2D eigenvalue weighted by Gasteiger charge is 2.39. The molecule has 0 radical (unpaired) electrons. The van der Waals surface area contributed by atoms with Gasteiger partial charge in [0.1, 0.15) is 6.04 Å². The highest BCUT2D eigenvalue weighted by Crippen LogP contribution is 2.26. The fraction of sp³-hybridized carbons (Fsp3) is 0.500. The summed E-state index contributed by atoms with van der Waals surface area (Å²) in [5, 5.41) is 2.65. The minimum Gasteiger partial charge on any atom is -0.345 e. The largest absolute Gasteiger partial charge is 0.345 e. The molecule has 0 bridgehead atoms. The monoisotopic (exact) mass is 261 g/mol. The Morgan fingerprint density at radius 2 is 2.05 bits per heavy atom. The molecule has 0 aliphatic carbocycles. The van der Waals surface area contributed by atoms with E-state index in [9.17, 15) is 9.59 Å². The Kier molecular flexibility index (Phi) is 3.83. The molecule has 2 atom stereocenters. The molecular formula is C14H19N3O2. The second-order valence-corrected chi connectivity index (χ2v) is 5.14. The summed E-state index contributed by atoms with van der Waals surface area (Å²) in [6.07, 6.45) is 1.70. The van der Waals surface area contributed by atoms with Crippen molar-refractivity contribution in [1.82, 2.24) is 15.2 Å². The number of amides is 2. The molecule has 0 spiro atoms. The molecule has 19 heavy (non-hydrogen) atoms. The van der Waals surface area contributed by atoms with E-state index in [1.807, 2.05) is 39.0 Å². The standard InChI is InChI=1S/C14H19N3O2/c1-9(2)13-14(19)16-8-12(18)17(13)10(3)11-6-4-5-7-15-11/h4-7,9-10,13H,8H2,1-3H3,(H,16,19). The van der Waals surface area contributed by atoms with Crippen LogP contribution in [0, 0.1) is 5.92 Å². The minimum absolute atomic E-state index is 0.0588. The molecule has 0 saturated carbocycles. The molecule has 5 nitrogen and oxygen atoms in total. The number of nitrogens with zero attached hydrogens (tertiary/aromatic N) is 2. The Labute approximate surface area is 113 Å². The van der Waals surface area contributed by atoms with Crippen molar-refractivity contribution in [3.8, 4) is 0 Å². The van der Waals surface area contributed by atoms with Crippen molar-refractivity contribution in [3.63, 3.8) is 0 Å². The molecular weight excluding hydrogens is 242 g/mol. The predicted octanol–water partition coefficient (Wildman–Crippen LogP) is 1.13. The summed E-state index contributed by atoms with van der Waals surface area (Å²) in [6.45, 7) is 5.87. The molecule has 2 unspecified atom stereocenters. The van der Waals surface area contributed by atoms with E-state index in [1.54, 1.807) is 11.1 Å². The van der Waals surface area contributed by atoms with Crippen LogP contribution in [0.25, 0.3) is 0 Å². The molecule has 1 aromatic heterocycles. The average Bonchev–Trinajstić information content (AvgIpc) is 2.41. The van der Waals surface area contributed by atoms with Gasteiger partial charge in [0.2, 0.25) is 11.8 Å². The lowest BCUT2D eigenvalue weighted by molar-refractivity contribution is -0.150. The van der Waals surface area contributed by atoms with Gasteiger partial charge < -0.3 is 10.2 Å². The van der Waals surface area contributed by atoms with Gasteiger partial charge in [0.25, 0.3) is 0 Å². The quantitative estimate of drug-likeness (QED) is 0.887. The fourth-order valence-electron chi connectivity index (χ4n) is 2.49. The van der Waals surface area contributed by atoms with E-state index < -0.39 is 6.04 Å². The van der Waals surface area contributed by atoms with E-state index in [0.29, 0.717) is 0 Å². The van der Waals surface area contributed by atoms with E-state index >= 15 is 0 Å². The Morgan fingerprint density at radius 1 is 1.32 bits per heavy atom. The second-order valence-electron chi connectivity index (χ2n) is 5.14. The zero-order valence-electron chi connectivity index (χ0n) is 11.5. The van der Waals surface area contributed by atoms with Gasteiger partial charge in [0.15, 0.2) is 0 Å². The van der Waals surface area contributed by atoms with Gasteiger partial charge in [0, 0.05) is 6.20 Å². The van der Waals surface area contributed by atoms with Gasteiger partial charge in [-0.3, -0.25) is 14.6 Å². The molecule has 2 amide bonds. The average molecular weight is 261 g/mol. The maximum Gasteiger partial charge on any atom is 0.243 e. The van der Waals surface area contributed by atoms with Crippen LogP contribution in [0.1, 0.15) is 32.5 Å². The molecule has 1 fully saturated rings. The number of aromatic nitrogens is 1. The lowest BCUT2D eigenvalue weighted by Crippen LogP contribution is -2.60. The Morgan fingerprint density at radius 3 is 2.63 bits per heavy atom. The summed E-state index contributed by atoms with van der Waals surface area (Å²) in [5.74, 6) is -0.0794. The molecule has 1 aliphatic heterocycles. The van der Waals surface area contributed by atoms with Crippen LogP contribution in [0.2, 0.25) is 0 Å². The third-order valence-electron chi connectivity index (χ3n) is 3.43. The Hall–Kier alpha value is -1.91. The number of hydrogen-bond donors (Lipinski definition) is 1. The van der Waals surface area contributed by atoms with Gasteiger partial charge in [-0.05, 0) is 25.0 Å². The fourth-order valence-corrected chi connectivity index (χ4v) is 2.49. The van der Waals surface area contributed by atoms with Crippen LogP contribution in [-0.4, -0.2) is 34.3 Å². The number of rotatable bonds is 3. The smallest absolute Gasteiger partial charge is 0.243 e. The number of carbonyl (C=O) groups excluding carboxylic acids is 2. The summed E-state index contributed by atoms with van der Waals surface area (Å²) in [7, 11) is 0. The molecule has 1 saturated heterocycles. The Bertz CT molecular complexity index is 473. The van der Waals surface area contributed by atoms with E-state index in [2.05, 4.69) is 10.3 Å². The number of carbonyl (C=O) groups is 2. The summed E-state index contributed by atoms with van der Waals surface area (Å²) in [6, 6.07) is 4.96. The topological polar surface area (TPSA) is 62.3 Å². The maximum absolute atomic E-state index is 12.2. The van der Waals surface area contributed by atoms with Gasteiger partial charge >= 0.3 is 0 Å². The summed E-state index contributed by atoms with van der Waals surface area (Å²) in [5.41, 5.74) is 0.802. The number of piperazine rings is 1. The van der Waals surface area contributed by atoms with Crippen LogP contribution in [0.5, 0.6) is 0 Å². The first kappa shape index (κ1) is 13.5. The molecule has 0 aromatic carbocycles. The molecule has 1 N–H and O–H groups in total. The van der Waals surface area contributed by atoms with E-state index in [0.717, 1.165) is 5.69 Å². The molecule has 2 rings (SSSR count). The van der Waals surface area contributed by atoms with Crippen LogP contribution in [0.4, 0.5) is 0 Å². The lowest BCUT2D eigenvalue weighted by Gasteiger charge is -2.40. The predicted molar refractivity (Wildman–Crippen MR) is 71.1 cm³/mol. The van der Waals surface area contributed by atoms with Crippen LogP contribution in [0.3, 0.4) is 0 Å². The van der Waals surface area contributed by atoms with Crippen LogP contribution < -0.4 is 5.32 Å². The van der Waals surface area contributed by atoms with E-state index in [-0.39, 0.29) is 30.3 Å². The van der Waals surface area contributed by atoms with E-state index in [4.69, 9.17) is 0 Å². The zero-order chi connectivity index (χ0) is 14.0. The highest BCUT2D eigenvalue weighted by atomic mass is 16.2. The third-order valence-corrected chi connectivity index (χ3v) is 3.43. The first-order chi connectivity index (χ1) is 9.02. The molecule has 2 heterocycles. The number of pyridine rings is 1. The first-order valence-corrected chi connectivity index (χ1v) is 6.52. The molecule has 102 valence electrons. The number of hydrogen-bond acceptors (Lipinski definition) is 3. The summed E-state index contributed by atoms with van der Waals surface area (Å²) in [4.78, 5) is 30.1. The zero-order valence-corrected chi connectivity index (χ0v) is 11.5. The molecule has 1 aromatic rings. The van der Waals surface area contributed by atoms with Crippen molar-refractivity contribution >= 4 is 11.8 Å². The molecule has 1 aliphatic rings. The maximum atomic E-state index is 12.2. The van der Waals surface area contributed by atoms with Crippen molar-refractivity contribution in [3.05, 3.63) is 30.1 Å². The van der Waals surface area contributed by atoms with Gasteiger partial charge in [-0.2, -0.15) is 0 Å². The third kappa shape index (κ3) is 2.59. The van der Waals surface area contributed by atoms with Crippen molar-refractivity contribution in [2.75, 3.05) is 6.54 Å². The van der Waals surface area contributed by atoms with E-state index in [1.165, 1.54) is 0 Å². The van der Waals surface area contributed by atoms with Gasteiger partial charge in [-0.1, -0.05) is 19.9 Å². The van der Waals surface area contributed by atoms with Crippen molar-refractivity contribution in [2.45, 2.75) is 32.9 Å². The van der Waals surface area contributed by atoms with Crippen molar-refractivity contribution in [2.24, 2.45) is 5.92 Å². The second kappa shape index (κ2) is 5.38. The first-order valence-electron chi connectivity index (χ1n) is 6.52. The summed E-state index contributed by atoms with van der Waals surface area (Å²) >= 11 is 0. The van der Waals surface area contributed by atoms with Crippen LogP contribution in [-0.2, 0) is 9.59 Å². The van der Waals surface area contributed by atoms with Crippen LogP contribution >= 0.6 is 0 Å². The normalized spacial score (nSPS) is 21.5. The molecule has 5 heteroatoms. The van der Waals surface area contributed by atoms with Gasteiger partial charge in [0.05, 0.1) is 18.3 Å². The summed E-state index contributed by atoms with van der Waals surface area (Å²) < 4.78 is 0. The lowest BCUT2D eigenvalue weighted by atomic mass is 9.96. The van der Waals surface area contributed by atoms with Crippen molar-refractivity contribution in [1.29, 1.82) is 0 Å². The Balaban J connectivity index is 2.33. The van der Waals surface area contributed by atoms with Gasteiger partial charge in [-0.15, -0.1) is 0 Å². The number of nitrogens with one attached hydrogen (secondary N) is 1. The minimum atomic E-state index is -0.432. The van der Waals surface area contributed by atoms with Gasteiger partial charge in [-0.25, -0.2) is 0 Å². The van der Waals surface area contributed by atoms with Crippen LogP contribution in [0.15, 0.2) is 24.4 Å².